The number of rotatable bonds is 4. The van der Waals surface area contributed by atoms with Gasteiger partial charge in [-0.05, 0) is 43.4 Å². The van der Waals surface area contributed by atoms with Crippen LogP contribution in [0.1, 0.15) is 21.5 Å². The van der Waals surface area contributed by atoms with Gasteiger partial charge in [-0.2, -0.15) is 0 Å². The van der Waals surface area contributed by atoms with E-state index in [4.69, 9.17) is 0 Å². The first-order chi connectivity index (χ1) is 9.12. The van der Waals surface area contributed by atoms with E-state index in [1.807, 2.05) is 32.2 Å². The van der Waals surface area contributed by atoms with Crippen LogP contribution in [0.3, 0.4) is 0 Å². The summed E-state index contributed by atoms with van der Waals surface area (Å²) in [4.78, 5) is 19.4. The highest BCUT2D eigenvalue weighted by atomic mass is 32.2. The highest BCUT2D eigenvalue weighted by Crippen LogP contribution is 2.21. The van der Waals surface area contributed by atoms with E-state index in [2.05, 4.69) is 21.4 Å². The molecular weight excluding hydrogens is 258 g/mol. The van der Waals surface area contributed by atoms with Gasteiger partial charge in [0.05, 0.1) is 5.56 Å². The molecule has 0 amide bonds. The van der Waals surface area contributed by atoms with Crippen molar-refractivity contribution in [2.45, 2.75) is 19.0 Å². The molecular formula is C14H15N3OS. The van der Waals surface area contributed by atoms with Crippen molar-refractivity contribution in [3.05, 3.63) is 41.1 Å². The summed E-state index contributed by atoms with van der Waals surface area (Å²) in [6.45, 7) is 4.07. The summed E-state index contributed by atoms with van der Waals surface area (Å²) in [5, 5.41) is 3.82. The van der Waals surface area contributed by atoms with Crippen molar-refractivity contribution in [3.63, 3.8) is 0 Å². The number of hydrogen-bond acceptors (Lipinski definition) is 5. The van der Waals surface area contributed by atoms with E-state index in [0.29, 0.717) is 16.5 Å². The van der Waals surface area contributed by atoms with Gasteiger partial charge in [-0.15, -0.1) is 0 Å². The maximum atomic E-state index is 11.0. The Morgan fingerprint density at radius 3 is 2.47 bits per heavy atom. The molecule has 0 fully saturated rings. The number of aldehydes is 1. The molecule has 98 valence electrons. The number of carbonyl (C=O) groups is 1. The molecule has 19 heavy (non-hydrogen) atoms. The van der Waals surface area contributed by atoms with Gasteiger partial charge < -0.3 is 5.32 Å². The number of anilines is 2. The van der Waals surface area contributed by atoms with Crippen LogP contribution in [0.2, 0.25) is 0 Å². The molecule has 0 saturated carbocycles. The van der Waals surface area contributed by atoms with Gasteiger partial charge in [0, 0.05) is 11.9 Å². The zero-order valence-corrected chi connectivity index (χ0v) is 11.9. The van der Waals surface area contributed by atoms with E-state index in [0.717, 1.165) is 23.1 Å². The number of hydrogen-bond donors (Lipinski definition) is 1. The predicted molar refractivity (Wildman–Crippen MR) is 78.4 cm³/mol. The van der Waals surface area contributed by atoms with Crippen LogP contribution in [-0.2, 0) is 0 Å². The fourth-order valence-electron chi connectivity index (χ4n) is 1.84. The van der Waals surface area contributed by atoms with Gasteiger partial charge in [-0.1, -0.05) is 17.8 Å². The molecule has 0 aliphatic rings. The van der Waals surface area contributed by atoms with Crippen molar-refractivity contribution in [3.8, 4) is 0 Å². The SMILES string of the molecule is CSc1ncc(C=O)c(Nc2cc(C)cc(C)c2)n1. The Balaban J connectivity index is 2.38. The summed E-state index contributed by atoms with van der Waals surface area (Å²) in [6, 6.07) is 6.13. The third kappa shape index (κ3) is 3.32. The van der Waals surface area contributed by atoms with Crippen LogP contribution in [0.15, 0.2) is 29.6 Å². The Labute approximate surface area is 116 Å². The Morgan fingerprint density at radius 1 is 1.21 bits per heavy atom. The molecule has 1 heterocycles. The second kappa shape index (κ2) is 5.84. The molecule has 0 saturated heterocycles. The van der Waals surface area contributed by atoms with Crippen molar-refractivity contribution in [2.75, 3.05) is 11.6 Å². The molecule has 0 radical (unpaired) electrons. The van der Waals surface area contributed by atoms with E-state index >= 15 is 0 Å². The van der Waals surface area contributed by atoms with Crippen LogP contribution in [-0.4, -0.2) is 22.5 Å². The highest BCUT2D eigenvalue weighted by molar-refractivity contribution is 7.98. The summed E-state index contributed by atoms with van der Waals surface area (Å²) in [5.74, 6) is 0.541. The van der Waals surface area contributed by atoms with Gasteiger partial charge in [-0.3, -0.25) is 4.79 Å². The molecule has 0 aliphatic heterocycles. The molecule has 0 aliphatic carbocycles. The molecule has 0 spiro atoms. The standard InChI is InChI=1S/C14H15N3OS/c1-9-4-10(2)6-12(5-9)16-13-11(8-18)7-15-14(17-13)19-3/h4-8H,1-3H3,(H,15,16,17). The Morgan fingerprint density at radius 2 is 1.89 bits per heavy atom. The molecule has 0 bridgehead atoms. The van der Waals surface area contributed by atoms with E-state index in [1.54, 1.807) is 0 Å². The smallest absolute Gasteiger partial charge is 0.189 e. The number of aryl methyl sites for hydroxylation is 2. The second-order valence-corrected chi connectivity index (χ2v) is 5.05. The van der Waals surface area contributed by atoms with E-state index in [9.17, 15) is 4.79 Å². The molecule has 0 atom stereocenters. The fraction of sp³-hybridized carbons (Fsp3) is 0.214. The Hall–Kier alpha value is -1.88. The van der Waals surface area contributed by atoms with Crippen LogP contribution in [0.25, 0.3) is 0 Å². The first-order valence-corrected chi connectivity index (χ1v) is 7.06. The summed E-state index contributed by atoms with van der Waals surface area (Å²) >= 11 is 1.44. The molecule has 1 N–H and O–H groups in total. The van der Waals surface area contributed by atoms with Crippen LogP contribution in [0, 0.1) is 13.8 Å². The van der Waals surface area contributed by atoms with Crippen LogP contribution < -0.4 is 5.32 Å². The minimum atomic E-state index is 0.456. The zero-order valence-electron chi connectivity index (χ0n) is 11.1. The van der Waals surface area contributed by atoms with E-state index in [1.165, 1.54) is 18.0 Å². The summed E-state index contributed by atoms with van der Waals surface area (Å²) < 4.78 is 0. The van der Waals surface area contributed by atoms with E-state index < -0.39 is 0 Å². The summed E-state index contributed by atoms with van der Waals surface area (Å²) in [6.07, 6.45) is 4.20. The Bertz CT molecular complexity index is 593. The quantitative estimate of drug-likeness (QED) is 0.526. The number of thioether (sulfide) groups is 1. The number of nitrogens with one attached hydrogen (secondary N) is 1. The van der Waals surface area contributed by atoms with Gasteiger partial charge in [0.15, 0.2) is 11.4 Å². The van der Waals surface area contributed by atoms with E-state index in [-0.39, 0.29) is 0 Å². The second-order valence-electron chi connectivity index (χ2n) is 4.28. The van der Waals surface area contributed by atoms with Crippen LogP contribution in [0.5, 0.6) is 0 Å². The minimum absolute atomic E-state index is 0.456. The van der Waals surface area contributed by atoms with Crippen molar-refractivity contribution in [2.24, 2.45) is 0 Å². The number of benzene rings is 1. The van der Waals surface area contributed by atoms with Gasteiger partial charge in [0.2, 0.25) is 0 Å². The topological polar surface area (TPSA) is 54.9 Å². The van der Waals surface area contributed by atoms with Crippen molar-refractivity contribution < 1.29 is 4.79 Å². The molecule has 1 aromatic carbocycles. The lowest BCUT2D eigenvalue weighted by molar-refractivity contribution is 0.112. The van der Waals surface area contributed by atoms with Gasteiger partial charge in [0.1, 0.15) is 5.82 Å². The fourth-order valence-corrected chi connectivity index (χ4v) is 2.18. The first-order valence-electron chi connectivity index (χ1n) is 5.84. The average molecular weight is 273 g/mol. The zero-order chi connectivity index (χ0) is 13.8. The predicted octanol–water partition coefficient (Wildman–Crippen LogP) is 3.37. The molecule has 2 rings (SSSR count). The third-order valence-corrected chi connectivity index (χ3v) is 3.15. The van der Waals surface area contributed by atoms with Gasteiger partial charge in [-0.25, -0.2) is 9.97 Å². The lowest BCUT2D eigenvalue weighted by atomic mass is 10.1. The van der Waals surface area contributed by atoms with Crippen LogP contribution >= 0.6 is 11.8 Å². The normalized spacial score (nSPS) is 10.3. The average Bonchev–Trinajstić information content (AvgIpc) is 2.37. The molecule has 4 nitrogen and oxygen atoms in total. The van der Waals surface area contributed by atoms with Crippen molar-refractivity contribution >= 4 is 29.6 Å². The van der Waals surface area contributed by atoms with Gasteiger partial charge in [0.25, 0.3) is 0 Å². The monoisotopic (exact) mass is 273 g/mol. The van der Waals surface area contributed by atoms with Crippen molar-refractivity contribution in [1.29, 1.82) is 0 Å². The first kappa shape index (κ1) is 13.5. The van der Waals surface area contributed by atoms with Crippen molar-refractivity contribution in [1.82, 2.24) is 9.97 Å². The van der Waals surface area contributed by atoms with Crippen LogP contribution in [0.4, 0.5) is 11.5 Å². The summed E-state index contributed by atoms with van der Waals surface area (Å²) in [7, 11) is 0. The lowest BCUT2D eigenvalue weighted by Crippen LogP contribution is -2.01. The minimum Gasteiger partial charge on any atom is -0.339 e. The summed E-state index contributed by atoms with van der Waals surface area (Å²) in [5.41, 5.74) is 3.70. The largest absolute Gasteiger partial charge is 0.339 e. The molecule has 0 unspecified atom stereocenters. The maximum Gasteiger partial charge on any atom is 0.189 e. The molecule has 5 heteroatoms. The number of aromatic nitrogens is 2. The lowest BCUT2D eigenvalue weighted by Gasteiger charge is -2.10. The number of carbonyl (C=O) groups excluding carboxylic acids is 1. The van der Waals surface area contributed by atoms with Gasteiger partial charge >= 0.3 is 0 Å². The maximum absolute atomic E-state index is 11.0. The number of nitrogens with zero attached hydrogens (tertiary/aromatic N) is 2. The Kier molecular flexibility index (Phi) is 4.16. The molecule has 2 aromatic rings. The highest BCUT2D eigenvalue weighted by Gasteiger charge is 2.07. The third-order valence-electron chi connectivity index (χ3n) is 2.59. The molecule has 1 aromatic heterocycles.